The standard InChI is InChI=1S/C15H24N2O2/c1-12(2)9-10-19-11-15(17-3,14(16)18)13-7-5-4-6-8-13/h4-8,12,17H,9-11H2,1-3H3,(H2,16,18). The van der Waals surface area contributed by atoms with Crippen LogP contribution in [0.25, 0.3) is 0 Å². The fourth-order valence-electron chi connectivity index (χ4n) is 1.90. The number of benzene rings is 1. The third-order valence-electron chi connectivity index (χ3n) is 3.27. The number of rotatable bonds is 8. The number of nitrogens with two attached hydrogens (primary N) is 1. The van der Waals surface area contributed by atoms with E-state index in [4.69, 9.17) is 10.5 Å². The summed E-state index contributed by atoms with van der Waals surface area (Å²) in [5, 5.41) is 3.02. The minimum Gasteiger partial charge on any atom is -0.379 e. The summed E-state index contributed by atoms with van der Waals surface area (Å²) in [4.78, 5) is 11.9. The molecule has 3 N–H and O–H groups in total. The van der Waals surface area contributed by atoms with Crippen molar-refractivity contribution in [2.24, 2.45) is 11.7 Å². The molecule has 1 aromatic carbocycles. The van der Waals surface area contributed by atoms with Gasteiger partial charge in [-0.1, -0.05) is 44.2 Å². The van der Waals surface area contributed by atoms with E-state index in [1.165, 1.54) is 0 Å². The Hall–Kier alpha value is -1.39. The van der Waals surface area contributed by atoms with Crippen molar-refractivity contribution >= 4 is 5.91 Å². The van der Waals surface area contributed by atoms with Gasteiger partial charge in [0.25, 0.3) is 0 Å². The number of amides is 1. The van der Waals surface area contributed by atoms with Crippen molar-refractivity contribution in [2.75, 3.05) is 20.3 Å². The molecule has 19 heavy (non-hydrogen) atoms. The van der Waals surface area contributed by atoms with Crippen molar-refractivity contribution in [1.29, 1.82) is 0 Å². The number of carbonyl (C=O) groups excluding carboxylic acids is 1. The van der Waals surface area contributed by atoms with Crippen LogP contribution < -0.4 is 11.1 Å². The first-order valence-electron chi connectivity index (χ1n) is 6.65. The van der Waals surface area contributed by atoms with E-state index in [-0.39, 0.29) is 6.61 Å². The minimum absolute atomic E-state index is 0.246. The zero-order valence-electron chi connectivity index (χ0n) is 12.0. The maximum Gasteiger partial charge on any atom is 0.244 e. The zero-order valence-corrected chi connectivity index (χ0v) is 12.0. The summed E-state index contributed by atoms with van der Waals surface area (Å²) in [6.07, 6.45) is 0.966. The maximum atomic E-state index is 11.9. The van der Waals surface area contributed by atoms with E-state index in [0.717, 1.165) is 12.0 Å². The van der Waals surface area contributed by atoms with Crippen molar-refractivity contribution < 1.29 is 9.53 Å². The van der Waals surface area contributed by atoms with Crippen LogP contribution in [0, 0.1) is 5.92 Å². The van der Waals surface area contributed by atoms with Gasteiger partial charge in [0.2, 0.25) is 5.91 Å². The largest absolute Gasteiger partial charge is 0.379 e. The smallest absolute Gasteiger partial charge is 0.244 e. The summed E-state index contributed by atoms with van der Waals surface area (Å²) in [5.41, 5.74) is 5.44. The van der Waals surface area contributed by atoms with E-state index in [9.17, 15) is 4.79 Å². The SMILES string of the molecule is CNC(COCCC(C)C)(C(N)=O)c1ccccc1. The summed E-state index contributed by atoms with van der Waals surface area (Å²) in [6.45, 7) is 5.15. The summed E-state index contributed by atoms with van der Waals surface area (Å²) >= 11 is 0. The molecule has 0 saturated heterocycles. The van der Waals surface area contributed by atoms with Crippen LogP contribution in [0.1, 0.15) is 25.8 Å². The van der Waals surface area contributed by atoms with Crippen LogP contribution in [-0.4, -0.2) is 26.2 Å². The molecule has 0 aliphatic rings. The zero-order chi connectivity index (χ0) is 14.3. The summed E-state index contributed by atoms with van der Waals surface area (Å²) < 4.78 is 5.65. The second-order valence-corrected chi connectivity index (χ2v) is 5.12. The Labute approximate surface area is 115 Å². The Kier molecular flexibility index (Phi) is 5.99. The first kappa shape index (κ1) is 15.7. The number of primary amides is 1. The van der Waals surface area contributed by atoms with Crippen LogP contribution in [0.5, 0.6) is 0 Å². The molecule has 0 aliphatic heterocycles. The Morgan fingerprint density at radius 3 is 2.47 bits per heavy atom. The van der Waals surface area contributed by atoms with E-state index in [1.54, 1.807) is 7.05 Å². The lowest BCUT2D eigenvalue weighted by Crippen LogP contribution is -2.54. The molecule has 0 aromatic heterocycles. The molecular weight excluding hydrogens is 240 g/mol. The van der Waals surface area contributed by atoms with Crippen LogP contribution in [-0.2, 0) is 15.1 Å². The molecule has 1 unspecified atom stereocenters. The first-order valence-corrected chi connectivity index (χ1v) is 6.65. The Bertz CT molecular complexity index is 392. The van der Waals surface area contributed by atoms with Gasteiger partial charge >= 0.3 is 0 Å². The van der Waals surface area contributed by atoms with Gasteiger partial charge in [0.05, 0.1) is 6.61 Å². The highest BCUT2D eigenvalue weighted by molar-refractivity contribution is 5.86. The van der Waals surface area contributed by atoms with Crippen LogP contribution in [0.4, 0.5) is 0 Å². The number of nitrogens with one attached hydrogen (secondary N) is 1. The van der Waals surface area contributed by atoms with Gasteiger partial charge in [0, 0.05) is 6.61 Å². The lowest BCUT2D eigenvalue weighted by molar-refractivity contribution is -0.127. The van der Waals surface area contributed by atoms with Gasteiger partial charge in [-0.25, -0.2) is 0 Å². The molecule has 1 aromatic rings. The molecule has 0 saturated carbocycles. The molecule has 0 radical (unpaired) electrons. The third-order valence-corrected chi connectivity index (χ3v) is 3.27. The van der Waals surface area contributed by atoms with E-state index < -0.39 is 11.4 Å². The summed E-state index contributed by atoms with van der Waals surface area (Å²) in [7, 11) is 1.73. The predicted octanol–water partition coefficient (Wildman–Crippen LogP) is 1.65. The monoisotopic (exact) mass is 264 g/mol. The lowest BCUT2D eigenvalue weighted by atomic mass is 9.90. The van der Waals surface area contributed by atoms with Gasteiger partial charge in [-0.15, -0.1) is 0 Å². The summed E-state index contributed by atoms with van der Waals surface area (Å²) in [5.74, 6) is 0.153. The Morgan fingerprint density at radius 1 is 1.37 bits per heavy atom. The number of hydrogen-bond acceptors (Lipinski definition) is 3. The van der Waals surface area contributed by atoms with Gasteiger partial charge in [-0.05, 0) is 24.9 Å². The normalized spacial score (nSPS) is 14.3. The van der Waals surface area contributed by atoms with Crippen LogP contribution in [0.15, 0.2) is 30.3 Å². The van der Waals surface area contributed by atoms with Gasteiger partial charge < -0.3 is 15.8 Å². The van der Waals surface area contributed by atoms with E-state index >= 15 is 0 Å². The number of carbonyl (C=O) groups is 1. The molecule has 1 rings (SSSR count). The molecule has 0 bridgehead atoms. The van der Waals surface area contributed by atoms with Crippen molar-refractivity contribution in [2.45, 2.75) is 25.8 Å². The Balaban J connectivity index is 2.80. The topological polar surface area (TPSA) is 64.3 Å². The van der Waals surface area contributed by atoms with Crippen LogP contribution in [0.2, 0.25) is 0 Å². The van der Waals surface area contributed by atoms with Crippen LogP contribution >= 0.6 is 0 Å². The van der Waals surface area contributed by atoms with Gasteiger partial charge in [0.1, 0.15) is 5.54 Å². The van der Waals surface area contributed by atoms with Crippen molar-refractivity contribution in [1.82, 2.24) is 5.32 Å². The Morgan fingerprint density at radius 2 is 2.00 bits per heavy atom. The van der Waals surface area contributed by atoms with Gasteiger partial charge in [-0.3, -0.25) is 4.79 Å². The molecule has 1 amide bonds. The average molecular weight is 264 g/mol. The maximum absolute atomic E-state index is 11.9. The third kappa shape index (κ3) is 4.04. The average Bonchev–Trinajstić information content (AvgIpc) is 2.39. The number of ether oxygens (including phenoxy) is 1. The predicted molar refractivity (Wildman–Crippen MR) is 76.6 cm³/mol. The highest BCUT2D eigenvalue weighted by Gasteiger charge is 2.37. The second-order valence-electron chi connectivity index (χ2n) is 5.12. The molecule has 0 heterocycles. The molecule has 1 atom stereocenters. The molecule has 106 valence electrons. The highest BCUT2D eigenvalue weighted by Crippen LogP contribution is 2.21. The van der Waals surface area contributed by atoms with Crippen molar-refractivity contribution in [3.8, 4) is 0 Å². The van der Waals surface area contributed by atoms with Crippen molar-refractivity contribution in [3.05, 3.63) is 35.9 Å². The van der Waals surface area contributed by atoms with Crippen molar-refractivity contribution in [3.63, 3.8) is 0 Å². The minimum atomic E-state index is -0.960. The van der Waals surface area contributed by atoms with Gasteiger partial charge in [0.15, 0.2) is 0 Å². The van der Waals surface area contributed by atoms with Crippen LogP contribution in [0.3, 0.4) is 0 Å². The van der Waals surface area contributed by atoms with E-state index in [2.05, 4.69) is 19.2 Å². The van der Waals surface area contributed by atoms with E-state index in [1.807, 2.05) is 30.3 Å². The quantitative estimate of drug-likeness (QED) is 0.702. The number of hydrogen-bond donors (Lipinski definition) is 2. The molecule has 0 aliphatic carbocycles. The number of likely N-dealkylation sites (N-methyl/N-ethyl adjacent to an activating group) is 1. The molecule has 4 nitrogen and oxygen atoms in total. The molecule has 0 fully saturated rings. The second kappa shape index (κ2) is 7.26. The van der Waals surface area contributed by atoms with Gasteiger partial charge in [-0.2, -0.15) is 0 Å². The van der Waals surface area contributed by atoms with E-state index in [0.29, 0.717) is 12.5 Å². The highest BCUT2D eigenvalue weighted by atomic mass is 16.5. The fraction of sp³-hybridized carbons (Fsp3) is 0.533. The first-order chi connectivity index (χ1) is 9.03. The summed E-state index contributed by atoms with van der Waals surface area (Å²) in [6, 6.07) is 9.45. The molecule has 0 spiro atoms. The lowest BCUT2D eigenvalue weighted by Gasteiger charge is -2.30. The molecule has 4 heteroatoms. The molecular formula is C15H24N2O2. The fourth-order valence-corrected chi connectivity index (χ4v) is 1.90.